The Kier molecular flexibility index (Phi) is 8.95. The summed E-state index contributed by atoms with van der Waals surface area (Å²) in [7, 11) is -1.33. The minimum atomic E-state index is -3.09. The number of anilines is 4. The molecule has 3 saturated heterocycles. The largest absolute Gasteiger partial charge is 0.381 e. The highest BCUT2D eigenvalue weighted by molar-refractivity contribution is 7.90. The molecule has 0 saturated carbocycles. The molecule has 0 spiro atoms. The Hall–Kier alpha value is -3.77. The number of aromatic nitrogens is 3. The number of nitrogens with zero attached hydrogens (tertiary/aromatic N) is 6. The number of rotatable bonds is 10. The summed E-state index contributed by atoms with van der Waals surface area (Å²) >= 11 is 0. The number of likely N-dealkylation sites (tertiary alicyclic amines) is 1. The molecule has 0 bridgehead atoms. The summed E-state index contributed by atoms with van der Waals surface area (Å²) in [6.45, 7) is 13.2. The van der Waals surface area contributed by atoms with Crippen molar-refractivity contribution in [1.82, 2.24) is 19.9 Å². The summed E-state index contributed by atoms with van der Waals surface area (Å²) in [4.78, 5) is 33.3. The van der Waals surface area contributed by atoms with Gasteiger partial charge in [-0.05, 0) is 72.9 Å². The van der Waals surface area contributed by atoms with E-state index in [2.05, 4.69) is 59.6 Å². The van der Waals surface area contributed by atoms with Crippen LogP contribution in [0.25, 0.3) is 10.8 Å². The second-order valence-electron chi connectivity index (χ2n) is 13.2. The van der Waals surface area contributed by atoms with Crippen LogP contribution < -0.4 is 15.1 Å². The summed E-state index contributed by atoms with van der Waals surface area (Å²) < 4.78 is 29.7. The summed E-state index contributed by atoms with van der Waals surface area (Å²) in [6.07, 6.45) is 9.39. The first-order valence-corrected chi connectivity index (χ1v) is 18.2. The van der Waals surface area contributed by atoms with E-state index in [0.717, 1.165) is 54.4 Å². The van der Waals surface area contributed by atoms with E-state index in [1.807, 2.05) is 17.2 Å². The summed E-state index contributed by atoms with van der Waals surface area (Å²) in [6, 6.07) is 6.15. The van der Waals surface area contributed by atoms with Crippen LogP contribution in [0, 0.1) is 5.92 Å². The highest BCUT2D eigenvalue weighted by atomic mass is 32.2. The molecule has 1 N–H and O–H groups in total. The van der Waals surface area contributed by atoms with E-state index < -0.39 is 9.84 Å². The average molecular weight is 648 g/mol. The van der Waals surface area contributed by atoms with Crippen LogP contribution in [-0.2, 0) is 19.4 Å². The Morgan fingerprint density at radius 2 is 1.89 bits per heavy atom. The van der Waals surface area contributed by atoms with E-state index in [9.17, 15) is 13.2 Å². The van der Waals surface area contributed by atoms with Gasteiger partial charge in [-0.2, -0.15) is 4.98 Å². The molecule has 1 aromatic carbocycles. The molecule has 11 nitrogen and oxygen atoms in total. The van der Waals surface area contributed by atoms with Gasteiger partial charge in [0.15, 0.2) is 0 Å². The molecule has 6 rings (SSSR count). The lowest BCUT2D eigenvalue weighted by Crippen LogP contribution is -2.57. The van der Waals surface area contributed by atoms with Crippen LogP contribution in [-0.4, -0.2) is 91.6 Å². The van der Waals surface area contributed by atoms with Crippen LogP contribution in [0.2, 0.25) is 0 Å². The monoisotopic (exact) mass is 647 g/mol. The van der Waals surface area contributed by atoms with Crippen LogP contribution in [0.4, 0.5) is 23.3 Å². The number of carbonyl (C=O) groups is 1. The van der Waals surface area contributed by atoms with Gasteiger partial charge >= 0.3 is 0 Å². The van der Waals surface area contributed by atoms with Crippen molar-refractivity contribution in [2.24, 2.45) is 5.92 Å². The fourth-order valence-electron chi connectivity index (χ4n) is 7.24. The van der Waals surface area contributed by atoms with Crippen molar-refractivity contribution in [2.75, 3.05) is 60.4 Å². The fraction of sp³-hybridized carbons (Fsp3) is 0.529. The van der Waals surface area contributed by atoms with E-state index in [1.165, 1.54) is 17.9 Å². The smallest absolute Gasteiger partial charge is 0.246 e. The zero-order chi connectivity index (χ0) is 32.7. The normalized spacial score (nSPS) is 22.1. The van der Waals surface area contributed by atoms with Gasteiger partial charge in [-0.1, -0.05) is 20.4 Å². The number of hydrogen-bond acceptors (Lipinski definition) is 10. The zero-order valence-corrected chi connectivity index (χ0v) is 28.3. The third-order valence-corrected chi connectivity index (χ3v) is 10.9. The van der Waals surface area contributed by atoms with Crippen LogP contribution in [0.1, 0.15) is 63.1 Å². The van der Waals surface area contributed by atoms with Gasteiger partial charge in [-0.25, -0.2) is 18.4 Å². The van der Waals surface area contributed by atoms with Gasteiger partial charge in [-0.15, -0.1) is 0 Å². The summed E-state index contributed by atoms with van der Waals surface area (Å²) in [5.41, 5.74) is 3.33. The second-order valence-corrected chi connectivity index (χ2v) is 15.4. The van der Waals surface area contributed by atoms with Crippen molar-refractivity contribution in [3.8, 4) is 0 Å². The SMILES string of the molecule is C=CC(=O)N1CC[C@@H]1c1cc(N2C[C@H](CS(C)(=O)=O)[C@H]2C)c2cnc(Nc3ccnc(N4CCC(OC)CC4)n3)cc2c1C(C)C. The van der Waals surface area contributed by atoms with Gasteiger partial charge in [0.1, 0.15) is 21.5 Å². The molecule has 0 radical (unpaired) electrons. The van der Waals surface area contributed by atoms with Crippen LogP contribution in [0.15, 0.2) is 43.2 Å². The third kappa shape index (κ3) is 6.29. The Bertz CT molecular complexity index is 1740. The van der Waals surface area contributed by atoms with Gasteiger partial charge in [0.2, 0.25) is 11.9 Å². The van der Waals surface area contributed by atoms with Gasteiger partial charge in [0, 0.05) is 75.0 Å². The van der Waals surface area contributed by atoms with Gasteiger partial charge in [0.05, 0.1) is 17.9 Å². The Morgan fingerprint density at radius 3 is 2.50 bits per heavy atom. The molecule has 3 fully saturated rings. The lowest BCUT2D eigenvalue weighted by molar-refractivity contribution is -0.133. The van der Waals surface area contributed by atoms with E-state index in [1.54, 1.807) is 13.3 Å². The fourth-order valence-corrected chi connectivity index (χ4v) is 8.40. The van der Waals surface area contributed by atoms with Crippen molar-refractivity contribution in [3.63, 3.8) is 0 Å². The maximum absolute atomic E-state index is 12.8. The number of hydrogen-bond donors (Lipinski definition) is 1. The minimum Gasteiger partial charge on any atom is -0.381 e. The molecule has 1 amide bonds. The standard InChI is InChI=1S/C34H45N7O4S/c1-7-32(42)40-15-11-28(40)26-16-29(41-19-23(22(41)4)20-46(6,43)44)27-18-36-31(17-25(27)33(26)21(2)3)37-30-8-12-35-34(38-30)39-13-9-24(45-5)10-14-39/h7-8,12,16-18,21-24,28H,1,9-11,13-15,19-20H2,2-6H3,(H,35,36,37,38)/t22-,23-,28-/m1/s1. The molecular formula is C34H45N7O4S. The summed E-state index contributed by atoms with van der Waals surface area (Å²) in [5.74, 6) is 2.34. The second kappa shape index (κ2) is 12.8. The number of nitrogens with one attached hydrogen (secondary N) is 1. The quantitative estimate of drug-likeness (QED) is 0.306. The molecule has 12 heteroatoms. The molecule has 5 heterocycles. The van der Waals surface area contributed by atoms with Crippen LogP contribution >= 0.6 is 0 Å². The van der Waals surface area contributed by atoms with Gasteiger partial charge < -0.3 is 24.8 Å². The van der Waals surface area contributed by atoms with E-state index in [-0.39, 0.29) is 41.7 Å². The van der Waals surface area contributed by atoms with Crippen molar-refractivity contribution < 1.29 is 17.9 Å². The first-order valence-electron chi connectivity index (χ1n) is 16.2. The Balaban J connectivity index is 1.38. The van der Waals surface area contributed by atoms with Crippen molar-refractivity contribution in [3.05, 3.63) is 54.4 Å². The maximum Gasteiger partial charge on any atom is 0.246 e. The lowest BCUT2D eigenvalue weighted by atomic mass is 9.82. The van der Waals surface area contributed by atoms with Crippen molar-refractivity contribution in [2.45, 2.75) is 64.1 Å². The highest BCUT2D eigenvalue weighted by Crippen LogP contribution is 2.46. The molecule has 46 heavy (non-hydrogen) atoms. The van der Waals surface area contributed by atoms with Crippen molar-refractivity contribution in [1.29, 1.82) is 0 Å². The molecule has 3 aliphatic heterocycles. The number of carbonyl (C=O) groups excluding carboxylic acids is 1. The predicted molar refractivity (Wildman–Crippen MR) is 183 cm³/mol. The van der Waals surface area contributed by atoms with E-state index >= 15 is 0 Å². The summed E-state index contributed by atoms with van der Waals surface area (Å²) in [5, 5.41) is 5.49. The van der Waals surface area contributed by atoms with E-state index in [4.69, 9.17) is 14.7 Å². The first kappa shape index (κ1) is 32.2. The average Bonchev–Trinajstić information content (AvgIpc) is 3.01. The minimum absolute atomic E-state index is 0.0502. The topological polar surface area (TPSA) is 121 Å². The molecule has 0 unspecified atom stereocenters. The van der Waals surface area contributed by atoms with Crippen LogP contribution in [0.3, 0.4) is 0 Å². The number of ether oxygens (including phenoxy) is 1. The number of sulfone groups is 1. The van der Waals surface area contributed by atoms with Gasteiger partial charge in [0.25, 0.3) is 0 Å². The maximum atomic E-state index is 12.8. The molecule has 3 aliphatic rings. The van der Waals surface area contributed by atoms with E-state index in [0.29, 0.717) is 30.7 Å². The first-order chi connectivity index (χ1) is 22.0. The molecule has 3 aromatic rings. The molecule has 2 aromatic heterocycles. The lowest BCUT2D eigenvalue weighted by Gasteiger charge is -2.49. The number of benzene rings is 1. The molecular weight excluding hydrogens is 602 g/mol. The Morgan fingerprint density at radius 1 is 1.13 bits per heavy atom. The number of piperidine rings is 1. The molecule has 246 valence electrons. The number of pyridine rings is 1. The number of fused-ring (bicyclic) bond motifs is 1. The molecule has 3 atom stereocenters. The zero-order valence-electron chi connectivity index (χ0n) is 27.4. The highest BCUT2D eigenvalue weighted by Gasteiger charge is 2.40. The third-order valence-electron chi connectivity index (χ3n) is 9.88. The Labute approximate surface area is 272 Å². The van der Waals surface area contributed by atoms with Gasteiger partial charge in [-0.3, -0.25) is 4.79 Å². The van der Waals surface area contributed by atoms with Crippen LogP contribution in [0.5, 0.6) is 0 Å². The number of methoxy groups -OCH3 is 1. The van der Waals surface area contributed by atoms with Crippen molar-refractivity contribution >= 4 is 49.8 Å². The number of amides is 1. The molecule has 0 aliphatic carbocycles. The predicted octanol–water partition coefficient (Wildman–Crippen LogP) is 4.84.